The molecular weight excluding hydrogens is 262 g/mol. The van der Waals surface area contributed by atoms with E-state index in [2.05, 4.69) is 4.98 Å². The second-order valence-corrected chi connectivity index (χ2v) is 5.22. The quantitative estimate of drug-likeness (QED) is 0.850. The fourth-order valence-corrected chi connectivity index (χ4v) is 2.83. The van der Waals surface area contributed by atoms with Crippen LogP contribution in [-0.2, 0) is 4.79 Å². The fraction of sp³-hybridized carbons (Fsp3) is 0.286. The van der Waals surface area contributed by atoms with E-state index < -0.39 is 11.2 Å². The van der Waals surface area contributed by atoms with E-state index in [-0.39, 0.29) is 0 Å². The molecule has 1 N–H and O–H groups in total. The minimum absolute atomic E-state index is 0.482. The first-order valence-corrected chi connectivity index (χ1v) is 6.86. The molecule has 0 fully saturated rings. The number of carbonyl (C=O) groups is 1. The molecular formula is C14H15NO3S. The Kier molecular flexibility index (Phi) is 4.27. The molecule has 1 aromatic carbocycles. The maximum Gasteiger partial charge on any atom is 0.317 e. The SMILES string of the molecule is CCC(Sc1nccc2c(OC)cccc12)C(=O)O. The molecule has 5 heteroatoms. The topological polar surface area (TPSA) is 59.4 Å². The first-order chi connectivity index (χ1) is 9.17. The summed E-state index contributed by atoms with van der Waals surface area (Å²) >= 11 is 1.28. The van der Waals surface area contributed by atoms with E-state index in [0.717, 1.165) is 21.5 Å². The highest BCUT2D eigenvalue weighted by atomic mass is 32.2. The van der Waals surface area contributed by atoms with Gasteiger partial charge in [-0.05, 0) is 18.6 Å². The molecule has 1 aromatic heterocycles. The Morgan fingerprint density at radius 3 is 2.84 bits per heavy atom. The molecule has 19 heavy (non-hydrogen) atoms. The molecule has 0 aliphatic carbocycles. The Labute approximate surface area is 115 Å². The molecule has 0 saturated heterocycles. The van der Waals surface area contributed by atoms with Crippen LogP contribution in [0.5, 0.6) is 5.75 Å². The molecule has 0 amide bonds. The van der Waals surface area contributed by atoms with Gasteiger partial charge in [0.05, 0.1) is 7.11 Å². The summed E-state index contributed by atoms with van der Waals surface area (Å²) < 4.78 is 5.31. The zero-order valence-corrected chi connectivity index (χ0v) is 11.6. The molecule has 0 spiro atoms. The van der Waals surface area contributed by atoms with Crippen molar-refractivity contribution < 1.29 is 14.6 Å². The van der Waals surface area contributed by atoms with Gasteiger partial charge in [-0.25, -0.2) is 4.98 Å². The summed E-state index contributed by atoms with van der Waals surface area (Å²) in [4.78, 5) is 15.4. The number of aliphatic carboxylic acids is 1. The first-order valence-electron chi connectivity index (χ1n) is 5.98. The molecule has 0 saturated carbocycles. The number of pyridine rings is 1. The maximum absolute atomic E-state index is 11.1. The predicted molar refractivity (Wildman–Crippen MR) is 75.9 cm³/mol. The summed E-state index contributed by atoms with van der Waals surface area (Å²) in [5.74, 6) is -0.0423. The number of thioether (sulfide) groups is 1. The summed E-state index contributed by atoms with van der Waals surface area (Å²) in [5, 5.41) is 11.2. The van der Waals surface area contributed by atoms with Crippen molar-refractivity contribution in [1.29, 1.82) is 0 Å². The van der Waals surface area contributed by atoms with Crippen molar-refractivity contribution in [2.45, 2.75) is 23.6 Å². The van der Waals surface area contributed by atoms with Gasteiger partial charge in [-0.2, -0.15) is 0 Å². The number of nitrogens with zero attached hydrogens (tertiary/aromatic N) is 1. The lowest BCUT2D eigenvalue weighted by molar-refractivity contribution is -0.136. The minimum Gasteiger partial charge on any atom is -0.496 e. The summed E-state index contributed by atoms with van der Waals surface area (Å²) in [6, 6.07) is 7.57. The van der Waals surface area contributed by atoms with E-state index in [4.69, 9.17) is 9.84 Å². The maximum atomic E-state index is 11.1. The Hall–Kier alpha value is -1.75. The molecule has 0 radical (unpaired) electrons. The Balaban J connectivity index is 2.47. The zero-order chi connectivity index (χ0) is 13.8. The lowest BCUT2D eigenvalue weighted by Gasteiger charge is -2.12. The lowest BCUT2D eigenvalue weighted by atomic mass is 10.1. The molecule has 2 aromatic rings. The molecule has 1 unspecified atom stereocenters. The van der Waals surface area contributed by atoms with Crippen LogP contribution in [0.3, 0.4) is 0 Å². The van der Waals surface area contributed by atoms with Crippen molar-refractivity contribution in [2.75, 3.05) is 7.11 Å². The van der Waals surface area contributed by atoms with Crippen LogP contribution in [0.4, 0.5) is 0 Å². The van der Waals surface area contributed by atoms with E-state index in [9.17, 15) is 4.79 Å². The van der Waals surface area contributed by atoms with Crippen LogP contribution < -0.4 is 4.74 Å². The number of benzene rings is 1. The number of methoxy groups -OCH3 is 1. The Bertz CT molecular complexity index is 600. The van der Waals surface area contributed by atoms with E-state index >= 15 is 0 Å². The van der Waals surface area contributed by atoms with Crippen molar-refractivity contribution in [3.8, 4) is 5.75 Å². The van der Waals surface area contributed by atoms with E-state index in [1.165, 1.54) is 11.8 Å². The Morgan fingerprint density at radius 1 is 1.42 bits per heavy atom. The van der Waals surface area contributed by atoms with E-state index in [1.807, 2.05) is 31.2 Å². The molecule has 100 valence electrons. The van der Waals surface area contributed by atoms with Crippen LogP contribution in [0.25, 0.3) is 10.8 Å². The fourth-order valence-electron chi connectivity index (χ4n) is 1.87. The van der Waals surface area contributed by atoms with Crippen molar-refractivity contribution in [3.63, 3.8) is 0 Å². The van der Waals surface area contributed by atoms with Gasteiger partial charge in [-0.1, -0.05) is 30.8 Å². The van der Waals surface area contributed by atoms with Crippen LogP contribution in [0, 0.1) is 0 Å². The van der Waals surface area contributed by atoms with Crippen molar-refractivity contribution in [2.24, 2.45) is 0 Å². The van der Waals surface area contributed by atoms with Crippen LogP contribution in [-0.4, -0.2) is 28.4 Å². The number of rotatable bonds is 5. The van der Waals surface area contributed by atoms with Crippen LogP contribution in [0.1, 0.15) is 13.3 Å². The van der Waals surface area contributed by atoms with Gasteiger partial charge in [0.15, 0.2) is 0 Å². The normalized spacial score (nSPS) is 12.3. The van der Waals surface area contributed by atoms with Crippen molar-refractivity contribution >= 4 is 28.5 Å². The largest absolute Gasteiger partial charge is 0.496 e. The third-order valence-electron chi connectivity index (χ3n) is 2.85. The smallest absolute Gasteiger partial charge is 0.317 e. The number of aromatic nitrogens is 1. The average Bonchev–Trinajstić information content (AvgIpc) is 2.43. The highest BCUT2D eigenvalue weighted by Gasteiger charge is 2.19. The molecule has 1 atom stereocenters. The van der Waals surface area contributed by atoms with Gasteiger partial charge >= 0.3 is 5.97 Å². The van der Waals surface area contributed by atoms with E-state index in [0.29, 0.717) is 6.42 Å². The molecule has 0 aliphatic heterocycles. The lowest BCUT2D eigenvalue weighted by Crippen LogP contribution is -2.15. The number of carboxylic acid groups (broad SMARTS) is 1. The van der Waals surface area contributed by atoms with Crippen molar-refractivity contribution in [3.05, 3.63) is 30.5 Å². The second kappa shape index (κ2) is 5.93. The first kappa shape index (κ1) is 13.7. The van der Waals surface area contributed by atoms with Gasteiger partial charge in [0, 0.05) is 17.0 Å². The number of hydrogen-bond acceptors (Lipinski definition) is 4. The second-order valence-electron chi connectivity index (χ2n) is 4.02. The van der Waals surface area contributed by atoms with Crippen molar-refractivity contribution in [1.82, 2.24) is 4.98 Å². The molecule has 0 bridgehead atoms. The number of hydrogen-bond donors (Lipinski definition) is 1. The highest BCUT2D eigenvalue weighted by Crippen LogP contribution is 2.33. The molecule has 0 aliphatic rings. The number of carboxylic acids is 1. The van der Waals surface area contributed by atoms with Crippen LogP contribution in [0.2, 0.25) is 0 Å². The highest BCUT2D eigenvalue weighted by molar-refractivity contribution is 8.00. The molecule has 1 heterocycles. The van der Waals surface area contributed by atoms with Crippen LogP contribution in [0.15, 0.2) is 35.5 Å². The van der Waals surface area contributed by atoms with Gasteiger partial charge < -0.3 is 9.84 Å². The monoisotopic (exact) mass is 277 g/mol. The summed E-state index contributed by atoms with van der Waals surface area (Å²) in [6.45, 7) is 1.86. The third-order valence-corrected chi connectivity index (χ3v) is 4.22. The number of fused-ring (bicyclic) bond motifs is 1. The van der Waals surface area contributed by atoms with Gasteiger partial charge in [0.1, 0.15) is 16.0 Å². The van der Waals surface area contributed by atoms with Gasteiger partial charge in [-0.15, -0.1) is 0 Å². The summed E-state index contributed by atoms with van der Waals surface area (Å²) in [6.07, 6.45) is 2.24. The zero-order valence-electron chi connectivity index (χ0n) is 10.8. The number of ether oxygens (including phenoxy) is 1. The Morgan fingerprint density at radius 2 is 2.21 bits per heavy atom. The summed E-state index contributed by atoms with van der Waals surface area (Å²) in [7, 11) is 1.62. The summed E-state index contributed by atoms with van der Waals surface area (Å²) in [5.41, 5.74) is 0. The van der Waals surface area contributed by atoms with E-state index in [1.54, 1.807) is 13.3 Å². The third kappa shape index (κ3) is 2.81. The minimum atomic E-state index is -0.811. The van der Waals surface area contributed by atoms with Crippen LogP contribution >= 0.6 is 11.8 Å². The van der Waals surface area contributed by atoms with Gasteiger partial charge in [0.2, 0.25) is 0 Å². The average molecular weight is 277 g/mol. The van der Waals surface area contributed by atoms with Gasteiger partial charge in [0.25, 0.3) is 0 Å². The predicted octanol–water partition coefficient (Wildman–Crippen LogP) is 3.20. The molecule has 2 rings (SSSR count). The standard InChI is InChI=1S/C14H15NO3S/c1-3-12(14(16)17)19-13-10-5-4-6-11(18-2)9(10)7-8-15-13/h4-8,12H,3H2,1-2H3,(H,16,17). The molecule has 4 nitrogen and oxygen atoms in total. The van der Waals surface area contributed by atoms with Gasteiger partial charge in [-0.3, -0.25) is 4.79 Å².